The van der Waals surface area contributed by atoms with E-state index in [1.165, 1.54) is 22.5 Å². The largest absolute Gasteiger partial charge is 0.382 e. The summed E-state index contributed by atoms with van der Waals surface area (Å²) in [7, 11) is 0. The van der Waals surface area contributed by atoms with E-state index in [0.29, 0.717) is 11.7 Å². The van der Waals surface area contributed by atoms with Gasteiger partial charge < -0.3 is 5.73 Å². The number of rotatable bonds is 2. The summed E-state index contributed by atoms with van der Waals surface area (Å²) < 4.78 is 1.26. The number of aromatic nitrogens is 3. The maximum absolute atomic E-state index is 5.62. The first kappa shape index (κ1) is 10.1. The van der Waals surface area contributed by atoms with Crippen LogP contribution in [0.15, 0.2) is 24.3 Å². The summed E-state index contributed by atoms with van der Waals surface area (Å²) >= 11 is 1.82. The minimum absolute atomic E-state index is 0.516. The third kappa shape index (κ3) is 1.59. The lowest BCUT2D eigenvalue weighted by atomic mass is 10.1. The molecule has 0 radical (unpaired) electrons. The van der Waals surface area contributed by atoms with Crippen molar-refractivity contribution in [2.24, 2.45) is 0 Å². The smallest absolute Gasteiger partial charge is 0.145 e. The van der Waals surface area contributed by atoms with Gasteiger partial charge in [-0.2, -0.15) is 5.10 Å². The zero-order chi connectivity index (χ0) is 12.1. The second-order valence-electron chi connectivity index (χ2n) is 4.72. The minimum Gasteiger partial charge on any atom is -0.382 e. The van der Waals surface area contributed by atoms with E-state index in [9.17, 15) is 0 Å². The average molecular weight is 256 g/mol. The molecule has 0 aliphatic heterocycles. The van der Waals surface area contributed by atoms with Gasteiger partial charge in [-0.1, -0.05) is 6.07 Å². The molecule has 3 aromatic rings. The summed E-state index contributed by atoms with van der Waals surface area (Å²) in [5.74, 6) is 1.23. The van der Waals surface area contributed by atoms with Crippen LogP contribution < -0.4 is 5.73 Å². The van der Waals surface area contributed by atoms with E-state index in [1.54, 1.807) is 0 Å². The van der Waals surface area contributed by atoms with Crippen molar-refractivity contribution in [1.29, 1.82) is 0 Å². The molecule has 0 atom stereocenters. The molecule has 1 aliphatic rings. The number of fused-ring (bicyclic) bond motifs is 1. The molecule has 2 heterocycles. The van der Waals surface area contributed by atoms with Gasteiger partial charge in [0.05, 0.1) is 20.9 Å². The molecular formula is C13H12N4S. The molecule has 0 bridgehead atoms. The fourth-order valence-electron chi connectivity index (χ4n) is 2.10. The molecule has 3 N–H and O–H groups in total. The summed E-state index contributed by atoms with van der Waals surface area (Å²) in [6.45, 7) is 0. The maximum Gasteiger partial charge on any atom is 0.145 e. The van der Waals surface area contributed by atoms with Gasteiger partial charge in [0.2, 0.25) is 0 Å². The van der Waals surface area contributed by atoms with Gasteiger partial charge in [-0.25, -0.2) is 4.98 Å². The lowest BCUT2D eigenvalue weighted by Gasteiger charge is -1.95. The Labute approximate surface area is 108 Å². The highest BCUT2D eigenvalue weighted by molar-refractivity contribution is 7.18. The highest BCUT2D eigenvalue weighted by Gasteiger charge is 2.26. The molecule has 4 rings (SSSR count). The monoisotopic (exact) mass is 256 g/mol. The van der Waals surface area contributed by atoms with Crippen LogP contribution in [0.25, 0.3) is 21.5 Å². The van der Waals surface area contributed by atoms with Gasteiger partial charge in [-0.15, -0.1) is 11.3 Å². The standard InChI is InChI=1S/C13H12N4S/c14-12-6-9(16-17-12)8-3-4-11-10(5-8)15-13(18-11)7-1-2-7/h3-7H,1-2H2,(H3,14,16,17). The molecule has 1 fully saturated rings. The van der Waals surface area contributed by atoms with Crippen molar-refractivity contribution < 1.29 is 0 Å². The van der Waals surface area contributed by atoms with Gasteiger partial charge in [-0.3, -0.25) is 5.10 Å². The Morgan fingerprint density at radius 3 is 2.89 bits per heavy atom. The first-order valence-electron chi connectivity index (χ1n) is 6.01. The van der Waals surface area contributed by atoms with Crippen molar-refractivity contribution in [3.05, 3.63) is 29.3 Å². The molecule has 1 aliphatic carbocycles. The number of nitrogens with one attached hydrogen (secondary N) is 1. The number of anilines is 1. The topological polar surface area (TPSA) is 67.6 Å². The molecule has 0 spiro atoms. The maximum atomic E-state index is 5.62. The number of nitrogen functional groups attached to an aromatic ring is 1. The van der Waals surface area contributed by atoms with Crippen molar-refractivity contribution in [1.82, 2.24) is 15.2 Å². The molecule has 1 saturated carbocycles. The summed E-state index contributed by atoms with van der Waals surface area (Å²) in [5.41, 5.74) is 8.72. The highest BCUT2D eigenvalue weighted by Crippen LogP contribution is 2.43. The quantitative estimate of drug-likeness (QED) is 0.740. The van der Waals surface area contributed by atoms with Crippen molar-refractivity contribution in [3.8, 4) is 11.3 Å². The molecule has 90 valence electrons. The number of hydrogen-bond donors (Lipinski definition) is 2. The van der Waals surface area contributed by atoms with Crippen LogP contribution in [0.2, 0.25) is 0 Å². The zero-order valence-corrected chi connectivity index (χ0v) is 10.5. The van der Waals surface area contributed by atoms with E-state index in [-0.39, 0.29) is 0 Å². The Bertz CT molecular complexity index is 724. The molecule has 4 nitrogen and oxygen atoms in total. The van der Waals surface area contributed by atoms with Crippen LogP contribution in [0, 0.1) is 0 Å². The third-order valence-electron chi connectivity index (χ3n) is 3.24. The van der Waals surface area contributed by atoms with Gasteiger partial charge in [0.1, 0.15) is 5.82 Å². The van der Waals surface area contributed by atoms with Crippen LogP contribution in [-0.2, 0) is 0 Å². The number of nitrogens with two attached hydrogens (primary N) is 1. The van der Waals surface area contributed by atoms with E-state index in [1.807, 2.05) is 17.4 Å². The first-order chi connectivity index (χ1) is 8.79. The summed E-state index contributed by atoms with van der Waals surface area (Å²) in [5, 5.41) is 8.16. The number of benzene rings is 1. The van der Waals surface area contributed by atoms with Gasteiger partial charge in [0.15, 0.2) is 0 Å². The van der Waals surface area contributed by atoms with E-state index in [0.717, 1.165) is 16.8 Å². The molecule has 0 unspecified atom stereocenters. The van der Waals surface area contributed by atoms with Crippen molar-refractivity contribution >= 4 is 27.4 Å². The summed E-state index contributed by atoms with van der Waals surface area (Å²) in [6.07, 6.45) is 2.59. The predicted molar refractivity (Wildman–Crippen MR) is 73.6 cm³/mol. The fraction of sp³-hybridized carbons (Fsp3) is 0.231. The number of H-pyrrole nitrogens is 1. The van der Waals surface area contributed by atoms with E-state index >= 15 is 0 Å². The van der Waals surface area contributed by atoms with Gasteiger partial charge in [-0.05, 0) is 25.0 Å². The van der Waals surface area contributed by atoms with Crippen LogP contribution in [0.1, 0.15) is 23.8 Å². The Morgan fingerprint density at radius 2 is 2.17 bits per heavy atom. The second kappa shape index (κ2) is 3.55. The molecule has 0 amide bonds. The van der Waals surface area contributed by atoms with Gasteiger partial charge >= 0.3 is 0 Å². The second-order valence-corrected chi connectivity index (χ2v) is 5.78. The van der Waals surface area contributed by atoms with E-state index in [2.05, 4.69) is 28.4 Å². The predicted octanol–water partition coefficient (Wildman–Crippen LogP) is 3.15. The lowest BCUT2D eigenvalue weighted by molar-refractivity contribution is 1.10. The number of aromatic amines is 1. The number of nitrogens with zero attached hydrogens (tertiary/aromatic N) is 2. The molecule has 1 aromatic carbocycles. The summed E-state index contributed by atoms with van der Waals surface area (Å²) in [4.78, 5) is 4.72. The molecule has 0 saturated heterocycles. The lowest BCUT2D eigenvalue weighted by Crippen LogP contribution is -1.81. The van der Waals surface area contributed by atoms with Crippen LogP contribution >= 0.6 is 11.3 Å². The summed E-state index contributed by atoms with van der Waals surface area (Å²) in [6, 6.07) is 8.16. The fourth-order valence-corrected chi connectivity index (χ4v) is 3.22. The van der Waals surface area contributed by atoms with E-state index in [4.69, 9.17) is 10.7 Å². The normalized spacial score (nSPS) is 15.3. The minimum atomic E-state index is 0.516. The average Bonchev–Trinajstić information content (AvgIpc) is 2.99. The number of thiazole rings is 1. The van der Waals surface area contributed by atoms with Crippen LogP contribution in [0.4, 0.5) is 5.82 Å². The molecule has 18 heavy (non-hydrogen) atoms. The van der Waals surface area contributed by atoms with Crippen LogP contribution in [-0.4, -0.2) is 15.2 Å². The Hall–Kier alpha value is -1.88. The third-order valence-corrected chi connectivity index (χ3v) is 4.44. The zero-order valence-electron chi connectivity index (χ0n) is 9.68. The Balaban J connectivity index is 1.82. The van der Waals surface area contributed by atoms with Gasteiger partial charge in [0, 0.05) is 17.5 Å². The van der Waals surface area contributed by atoms with E-state index < -0.39 is 0 Å². The van der Waals surface area contributed by atoms with Crippen molar-refractivity contribution in [3.63, 3.8) is 0 Å². The first-order valence-corrected chi connectivity index (χ1v) is 6.83. The highest BCUT2D eigenvalue weighted by atomic mass is 32.1. The van der Waals surface area contributed by atoms with Crippen LogP contribution in [0.5, 0.6) is 0 Å². The van der Waals surface area contributed by atoms with Gasteiger partial charge in [0.25, 0.3) is 0 Å². The Morgan fingerprint density at radius 1 is 1.28 bits per heavy atom. The molecular weight excluding hydrogens is 244 g/mol. The van der Waals surface area contributed by atoms with Crippen molar-refractivity contribution in [2.45, 2.75) is 18.8 Å². The number of hydrogen-bond acceptors (Lipinski definition) is 4. The van der Waals surface area contributed by atoms with Crippen LogP contribution in [0.3, 0.4) is 0 Å². The SMILES string of the molecule is Nc1cc(-c2ccc3sc(C4CC4)nc3c2)[nH]n1. The Kier molecular flexibility index (Phi) is 1.99. The van der Waals surface area contributed by atoms with Crippen molar-refractivity contribution in [2.75, 3.05) is 5.73 Å². The molecule has 5 heteroatoms. The molecule has 2 aromatic heterocycles.